The minimum atomic E-state index is 0. The topological polar surface area (TPSA) is 41.1 Å². The molecule has 1 rings (SSSR count). The summed E-state index contributed by atoms with van der Waals surface area (Å²) in [6.07, 6.45) is 0.472. The first-order chi connectivity index (χ1) is 8.13. The normalized spacial score (nSPS) is 9.72. The van der Waals surface area contributed by atoms with Crippen LogP contribution in [-0.2, 0) is 11.2 Å². The van der Waals surface area contributed by atoms with Crippen LogP contribution in [-0.4, -0.2) is 25.5 Å². The zero-order valence-corrected chi connectivity index (χ0v) is 12.2. The summed E-state index contributed by atoms with van der Waals surface area (Å²) in [7, 11) is 0. The Morgan fingerprint density at radius 2 is 1.94 bits per heavy atom. The van der Waals surface area contributed by atoms with E-state index in [1.165, 1.54) is 11.1 Å². The lowest BCUT2D eigenvalue weighted by molar-refractivity contribution is -0.120. The Hall–Kier alpha value is -1.06. The molecular weight excluding hydrogens is 248 g/mol. The number of hydrogen-bond acceptors (Lipinski definition) is 2. The molecule has 0 radical (unpaired) electrons. The van der Waals surface area contributed by atoms with Crippen LogP contribution in [0.3, 0.4) is 0 Å². The molecule has 1 aromatic carbocycles. The summed E-state index contributed by atoms with van der Waals surface area (Å²) < 4.78 is 0. The molecule has 0 saturated carbocycles. The molecule has 102 valence electrons. The van der Waals surface area contributed by atoms with Crippen molar-refractivity contribution in [3.05, 3.63) is 34.9 Å². The predicted molar refractivity (Wildman–Crippen MR) is 78.4 cm³/mol. The zero-order valence-electron chi connectivity index (χ0n) is 11.4. The van der Waals surface area contributed by atoms with Gasteiger partial charge in [0.1, 0.15) is 0 Å². The quantitative estimate of drug-likeness (QED) is 0.777. The van der Waals surface area contributed by atoms with Gasteiger partial charge >= 0.3 is 0 Å². The summed E-state index contributed by atoms with van der Waals surface area (Å²) in [5, 5.41) is 6.08. The van der Waals surface area contributed by atoms with Crippen molar-refractivity contribution in [1.29, 1.82) is 0 Å². The Morgan fingerprint density at radius 3 is 2.61 bits per heavy atom. The van der Waals surface area contributed by atoms with Crippen molar-refractivity contribution in [2.75, 3.05) is 19.6 Å². The van der Waals surface area contributed by atoms with Gasteiger partial charge < -0.3 is 10.6 Å². The third kappa shape index (κ3) is 6.03. The molecule has 0 fully saturated rings. The highest BCUT2D eigenvalue weighted by atomic mass is 35.5. The molecule has 0 bridgehead atoms. The number of benzene rings is 1. The van der Waals surface area contributed by atoms with E-state index >= 15 is 0 Å². The van der Waals surface area contributed by atoms with Gasteiger partial charge in [0.05, 0.1) is 6.42 Å². The molecule has 0 unspecified atom stereocenters. The van der Waals surface area contributed by atoms with Crippen LogP contribution >= 0.6 is 12.4 Å². The van der Waals surface area contributed by atoms with Crippen LogP contribution in [0, 0.1) is 13.8 Å². The van der Waals surface area contributed by atoms with Gasteiger partial charge in [0, 0.05) is 13.1 Å². The van der Waals surface area contributed by atoms with E-state index in [2.05, 4.69) is 35.8 Å². The number of aryl methyl sites for hydroxylation is 2. The third-order valence-electron chi connectivity index (χ3n) is 2.73. The first-order valence-electron chi connectivity index (χ1n) is 6.17. The van der Waals surface area contributed by atoms with Crippen molar-refractivity contribution in [2.45, 2.75) is 27.2 Å². The summed E-state index contributed by atoms with van der Waals surface area (Å²) >= 11 is 0. The van der Waals surface area contributed by atoms with E-state index in [1.54, 1.807) is 0 Å². The summed E-state index contributed by atoms with van der Waals surface area (Å²) in [6.45, 7) is 8.60. The van der Waals surface area contributed by atoms with Gasteiger partial charge in [0.15, 0.2) is 0 Å². The Bertz CT molecular complexity index is 380. The molecule has 4 heteroatoms. The molecule has 0 aliphatic rings. The molecule has 0 atom stereocenters. The molecule has 0 aliphatic carbocycles. The van der Waals surface area contributed by atoms with Crippen molar-refractivity contribution in [3.8, 4) is 0 Å². The van der Waals surface area contributed by atoms with Gasteiger partial charge in [0.2, 0.25) is 5.91 Å². The number of carbonyl (C=O) groups is 1. The highest BCUT2D eigenvalue weighted by Crippen LogP contribution is 2.11. The fourth-order valence-corrected chi connectivity index (χ4v) is 1.69. The maximum absolute atomic E-state index is 11.7. The number of likely N-dealkylation sites (N-methyl/N-ethyl adjacent to an activating group) is 1. The van der Waals surface area contributed by atoms with Crippen molar-refractivity contribution >= 4 is 18.3 Å². The van der Waals surface area contributed by atoms with Crippen LogP contribution in [0.5, 0.6) is 0 Å². The summed E-state index contributed by atoms with van der Waals surface area (Å²) in [4.78, 5) is 11.7. The minimum absolute atomic E-state index is 0. The second kappa shape index (κ2) is 8.95. The van der Waals surface area contributed by atoms with Crippen LogP contribution in [0.15, 0.2) is 18.2 Å². The zero-order chi connectivity index (χ0) is 12.7. The van der Waals surface area contributed by atoms with Crippen LogP contribution in [0.2, 0.25) is 0 Å². The molecule has 3 nitrogen and oxygen atoms in total. The Labute approximate surface area is 116 Å². The van der Waals surface area contributed by atoms with Crippen molar-refractivity contribution in [2.24, 2.45) is 0 Å². The molecule has 1 amide bonds. The van der Waals surface area contributed by atoms with E-state index in [9.17, 15) is 4.79 Å². The SMILES string of the molecule is CCNCCNC(=O)Cc1cc(C)ccc1C.Cl. The number of rotatable bonds is 6. The molecule has 0 spiro atoms. The predicted octanol–water partition coefficient (Wildman–Crippen LogP) is 1.99. The number of halogens is 1. The fourth-order valence-electron chi connectivity index (χ4n) is 1.69. The lowest BCUT2D eigenvalue weighted by Crippen LogP contribution is -2.32. The molecule has 2 N–H and O–H groups in total. The van der Waals surface area contributed by atoms with Crippen LogP contribution < -0.4 is 10.6 Å². The molecule has 0 aliphatic heterocycles. The Morgan fingerprint density at radius 1 is 1.22 bits per heavy atom. The average molecular weight is 271 g/mol. The van der Waals surface area contributed by atoms with Gasteiger partial charge in [-0.1, -0.05) is 30.7 Å². The fraction of sp³-hybridized carbons (Fsp3) is 0.500. The lowest BCUT2D eigenvalue weighted by Gasteiger charge is -2.08. The summed E-state index contributed by atoms with van der Waals surface area (Å²) in [5.41, 5.74) is 3.49. The Kier molecular flexibility index (Phi) is 8.42. The second-order valence-electron chi connectivity index (χ2n) is 4.31. The Balaban J connectivity index is 0.00000289. The number of amides is 1. The van der Waals surface area contributed by atoms with Crippen molar-refractivity contribution in [3.63, 3.8) is 0 Å². The first-order valence-corrected chi connectivity index (χ1v) is 6.17. The second-order valence-corrected chi connectivity index (χ2v) is 4.31. The van der Waals surface area contributed by atoms with Gasteiger partial charge in [0.25, 0.3) is 0 Å². The standard InChI is InChI=1S/C14H22N2O.ClH/c1-4-15-7-8-16-14(17)10-13-9-11(2)5-6-12(13)3;/h5-6,9,15H,4,7-8,10H2,1-3H3,(H,16,17);1H. The van der Waals surface area contributed by atoms with Gasteiger partial charge in [-0.2, -0.15) is 0 Å². The van der Waals surface area contributed by atoms with E-state index in [0.29, 0.717) is 13.0 Å². The van der Waals surface area contributed by atoms with Gasteiger partial charge in [-0.05, 0) is 31.5 Å². The lowest BCUT2D eigenvalue weighted by atomic mass is 10.0. The number of carbonyl (C=O) groups excluding carboxylic acids is 1. The third-order valence-corrected chi connectivity index (χ3v) is 2.73. The molecule has 0 heterocycles. The smallest absolute Gasteiger partial charge is 0.224 e. The summed E-state index contributed by atoms with van der Waals surface area (Å²) in [6, 6.07) is 6.22. The highest BCUT2D eigenvalue weighted by Gasteiger charge is 2.05. The van der Waals surface area contributed by atoms with Crippen LogP contribution in [0.25, 0.3) is 0 Å². The van der Waals surface area contributed by atoms with Crippen molar-refractivity contribution in [1.82, 2.24) is 10.6 Å². The van der Waals surface area contributed by atoms with E-state index in [-0.39, 0.29) is 18.3 Å². The largest absolute Gasteiger partial charge is 0.355 e. The van der Waals surface area contributed by atoms with Gasteiger partial charge in [-0.15, -0.1) is 12.4 Å². The minimum Gasteiger partial charge on any atom is -0.355 e. The maximum Gasteiger partial charge on any atom is 0.224 e. The molecule has 0 saturated heterocycles. The molecule has 18 heavy (non-hydrogen) atoms. The first kappa shape index (κ1) is 16.9. The van der Waals surface area contributed by atoms with Gasteiger partial charge in [-0.25, -0.2) is 0 Å². The van der Waals surface area contributed by atoms with Crippen LogP contribution in [0.4, 0.5) is 0 Å². The van der Waals surface area contributed by atoms with E-state index in [1.807, 2.05) is 13.8 Å². The number of hydrogen-bond donors (Lipinski definition) is 2. The summed E-state index contributed by atoms with van der Waals surface area (Å²) in [5.74, 6) is 0.0941. The van der Waals surface area contributed by atoms with E-state index in [4.69, 9.17) is 0 Å². The van der Waals surface area contributed by atoms with Crippen molar-refractivity contribution < 1.29 is 4.79 Å². The molecule has 1 aromatic rings. The highest BCUT2D eigenvalue weighted by molar-refractivity contribution is 5.85. The monoisotopic (exact) mass is 270 g/mol. The van der Waals surface area contributed by atoms with Crippen LogP contribution in [0.1, 0.15) is 23.6 Å². The van der Waals surface area contributed by atoms with E-state index in [0.717, 1.165) is 18.7 Å². The molecular formula is C14H23ClN2O. The average Bonchev–Trinajstić information content (AvgIpc) is 2.29. The van der Waals surface area contributed by atoms with Gasteiger partial charge in [-0.3, -0.25) is 4.79 Å². The maximum atomic E-state index is 11.7. The van der Waals surface area contributed by atoms with E-state index < -0.39 is 0 Å². The number of nitrogens with one attached hydrogen (secondary N) is 2. The molecule has 0 aromatic heterocycles.